The highest BCUT2D eigenvalue weighted by Crippen LogP contribution is 2.38. The lowest BCUT2D eigenvalue weighted by molar-refractivity contribution is 0.0932. The van der Waals surface area contributed by atoms with Crippen LogP contribution in [0.1, 0.15) is 32.8 Å². The number of nitrogens with two attached hydrogens (primary N) is 1. The Hall–Kier alpha value is -3.67. The molecule has 3 aromatic rings. The number of benzene rings is 2. The quantitative estimate of drug-likeness (QED) is 0.739. The molecule has 140 valence electrons. The summed E-state index contributed by atoms with van der Waals surface area (Å²) in [7, 11) is 0. The second-order valence-electron chi connectivity index (χ2n) is 6.42. The zero-order chi connectivity index (χ0) is 19.5. The molecule has 0 saturated carbocycles. The van der Waals surface area contributed by atoms with Crippen molar-refractivity contribution >= 4 is 11.7 Å². The van der Waals surface area contributed by atoms with Crippen molar-refractivity contribution in [2.24, 2.45) is 5.73 Å². The third-order valence-corrected chi connectivity index (χ3v) is 4.53. The zero-order valence-corrected chi connectivity index (χ0v) is 15.1. The van der Waals surface area contributed by atoms with E-state index in [4.69, 9.17) is 15.2 Å². The molecule has 28 heavy (non-hydrogen) atoms. The smallest absolute Gasteiger partial charge is 0.248 e. The average molecular weight is 374 g/mol. The molecule has 1 aliphatic rings. The van der Waals surface area contributed by atoms with Gasteiger partial charge in [0.15, 0.2) is 5.78 Å². The lowest BCUT2D eigenvalue weighted by atomic mass is 9.96. The molecule has 0 saturated heterocycles. The average Bonchev–Trinajstić information content (AvgIpc) is 2.73. The third-order valence-electron chi connectivity index (χ3n) is 4.53. The van der Waals surface area contributed by atoms with Crippen LogP contribution < -0.4 is 15.2 Å². The number of primary amides is 1. The lowest BCUT2D eigenvalue weighted by Crippen LogP contribution is -2.16. The number of Topliss-reactive ketones (excluding diaryl/α,β-unsaturated/α-hetero) is 1. The molecule has 0 spiro atoms. The molecule has 2 aromatic carbocycles. The Bertz CT molecular complexity index is 1050. The highest BCUT2D eigenvalue weighted by molar-refractivity contribution is 6.01. The summed E-state index contributed by atoms with van der Waals surface area (Å²) in [5.74, 6) is 0.544. The highest BCUT2D eigenvalue weighted by atomic mass is 16.5. The molecule has 0 unspecified atom stereocenters. The van der Waals surface area contributed by atoms with E-state index in [1.165, 1.54) is 0 Å². The SMILES string of the molecule is NC(=O)c1cccc(-c2cc3c(cc2OCc2ccccn2)OCCC3=O)c1. The number of hydrogen-bond donors (Lipinski definition) is 1. The van der Waals surface area contributed by atoms with Crippen LogP contribution in [0.15, 0.2) is 60.8 Å². The molecule has 0 bridgehead atoms. The minimum absolute atomic E-state index is 0.0184. The van der Waals surface area contributed by atoms with Crippen molar-refractivity contribution in [2.75, 3.05) is 6.61 Å². The second kappa shape index (κ2) is 7.52. The van der Waals surface area contributed by atoms with E-state index in [1.807, 2.05) is 24.3 Å². The molecule has 0 radical (unpaired) electrons. The molecule has 0 aliphatic carbocycles. The van der Waals surface area contributed by atoms with Gasteiger partial charge in [0, 0.05) is 29.8 Å². The first-order valence-corrected chi connectivity index (χ1v) is 8.89. The molecule has 6 nitrogen and oxygen atoms in total. The summed E-state index contributed by atoms with van der Waals surface area (Å²) in [6, 6.07) is 16.0. The van der Waals surface area contributed by atoms with Gasteiger partial charge in [-0.25, -0.2) is 0 Å². The molecule has 6 heteroatoms. The monoisotopic (exact) mass is 374 g/mol. The van der Waals surface area contributed by atoms with Crippen molar-refractivity contribution in [3.63, 3.8) is 0 Å². The van der Waals surface area contributed by atoms with E-state index < -0.39 is 5.91 Å². The van der Waals surface area contributed by atoms with Gasteiger partial charge in [-0.3, -0.25) is 14.6 Å². The predicted octanol–water partition coefficient (Wildman–Crippen LogP) is 3.39. The summed E-state index contributed by atoms with van der Waals surface area (Å²) in [6.07, 6.45) is 2.03. The van der Waals surface area contributed by atoms with Crippen LogP contribution in [0.3, 0.4) is 0 Å². The van der Waals surface area contributed by atoms with Gasteiger partial charge in [0.05, 0.1) is 17.9 Å². The maximum absolute atomic E-state index is 12.3. The first-order chi connectivity index (χ1) is 13.6. The molecular weight excluding hydrogens is 356 g/mol. The van der Waals surface area contributed by atoms with Gasteiger partial charge in [-0.15, -0.1) is 0 Å². The van der Waals surface area contributed by atoms with E-state index in [0.29, 0.717) is 41.2 Å². The van der Waals surface area contributed by atoms with Gasteiger partial charge in [-0.2, -0.15) is 0 Å². The molecule has 4 rings (SSSR count). The van der Waals surface area contributed by atoms with Gasteiger partial charge in [0.2, 0.25) is 5.91 Å². The van der Waals surface area contributed by atoms with Crippen LogP contribution in [-0.2, 0) is 6.61 Å². The zero-order valence-electron chi connectivity index (χ0n) is 15.1. The van der Waals surface area contributed by atoms with Crippen LogP contribution in [0.25, 0.3) is 11.1 Å². The molecule has 0 fully saturated rings. The summed E-state index contributed by atoms with van der Waals surface area (Å²) in [4.78, 5) is 28.2. The maximum Gasteiger partial charge on any atom is 0.248 e. The number of hydrogen-bond acceptors (Lipinski definition) is 5. The Kier molecular flexibility index (Phi) is 4.76. The fourth-order valence-electron chi connectivity index (χ4n) is 3.11. The first-order valence-electron chi connectivity index (χ1n) is 8.89. The number of fused-ring (bicyclic) bond motifs is 1. The van der Waals surface area contributed by atoms with Gasteiger partial charge in [-0.05, 0) is 35.9 Å². The van der Waals surface area contributed by atoms with Crippen LogP contribution in [0.2, 0.25) is 0 Å². The number of ether oxygens (including phenoxy) is 2. The third kappa shape index (κ3) is 3.57. The van der Waals surface area contributed by atoms with Crippen LogP contribution in [-0.4, -0.2) is 23.3 Å². The van der Waals surface area contributed by atoms with Crippen LogP contribution in [0.4, 0.5) is 0 Å². The summed E-state index contributed by atoms with van der Waals surface area (Å²) >= 11 is 0. The molecule has 1 aromatic heterocycles. The number of aromatic nitrogens is 1. The maximum atomic E-state index is 12.3. The number of carbonyl (C=O) groups is 2. The summed E-state index contributed by atoms with van der Waals surface area (Å²) < 4.78 is 11.7. The highest BCUT2D eigenvalue weighted by Gasteiger charge is 2.22. The standard InChI is InChI=1S/C22H18N2O4/c23-22(26)15-5-3-4-14(10-15)17-11-18-19(25)7-9-27-21(18)12-20(17)28-13-16-6-1-2-8-24-16/h1-6,8,10-12H,7,9,13H2,(H2,23,26). The Morgan fingerprint density at radius 3 is 2.79 bits per heavy atom. The number of rotatable bonds is 5. The Morgan fingerprint density at radius 1 is 1.11 bits per heavy atom. The van der Waals surface area contributed by atoms with Gasteiger partial charge in [-0.1, -0.05) is 18.2 Å². The van der Waals surface area contributed by atoms with Crippen molar-refractivity contribution in [3.05, 3.63) is 77.6 Å². The van der Waals surface area contributed by atoms with Crippen molar-refractivity contribution in [2.45, 2.75) is 13.0 Å². The Balaban J connectivity index is 1.78. The molecular formula is C22H18N2O4. The summed E-state index contributed by atoms with van der Waals surface area (Å²) in [5.41, 5.74) is 8.50. The van der Waals surface area contributed by atoms with E-state index in [2.05, 4.69) is 4.98 Å². The molecule has 1 amide bonds. The van der Waals surface area contributed by atoms with E-state index in [-0.39, 0.29) is 12.4 Å². The summed E-state index contributed by atoms with van der Waals surface area (Å²) in [6.45, 7) is 0.609. The minimum Gasteiger partial charge on any atom is -0.492 e. The van der Waals surface area contributed by atoms with Gasteiger partial charge in [0.25, 0.3) is 0 Å². The second-order valence-corrected chi connectivity index (χ2v) is 6.42. The van der Waals surface area contributed by atoms with Gasteiger partial charge < -0.3 is 15.2 Å². The summed E-state index contributed by atoms with van der Waals surface area (Å²) in [5, 5.41) is 0. The fourth-order valence-corrected chi connectivity index (χ4v) is 3.11. The van der Waals surface area contributed by atoms with E-state index in [1.54, 1.807) is 36.5 Å². The molecule has 1 aliphatic heterocycles. The fraction of sp³-hybridized carbons (Fsp3) is 0.136. The van der Waals surface area contributed by atoms with Crippen LogP contribution in [0.5, 0.6) is 11.5 Å². The van der Waals surface area contributed by atoms with Gasteiger partial charge >= 0.3 is 0 Å². The van der Waals surface area contributed by atoms with Gasteiger partial charge in [0.1, 0.15) is 18.1 Å². The number of amides is 1. The number of ketones is 1. The largest absolute Gasteiger partial charge is 0.492 e. The number of pyridine rings is 1. The topological polar surface area (TPSA) is 91.5 Å². The lowest BCUT2D eigenvalue weighted by Gasteiger charge is -2.20. The van der Waals surface area contributed by atoms with Crippen molar-refractivity contribution < 1.29 is 19.1 Å². The molecule has 2 N–H and O–H groups in total. The normalized spacial score (nSPS) is 12.8. The van der Waals surface area contributed by atoms with Crippen molar-refractivity contribution in [3.8, 4) is 22.6 Å². The Morgan fingerprint density at radius 2 is 2.00 bits per heavy atom. The van der Waals surface area contributed by atoms with E-state index in [9.17, 15) is 9.59 Å². The predicted molar refractivity (Wildman–Crippen MR) is 103 cm³/mol. The van der Waals surface area contributed by atoms with Crippen molar-refractivity contribution in [1.82, 2.24) is 4.98 Å². The number of carbonyl (C=O) groups excluding carboxylic acids is 2. The minimum atomic E-state index is -0.518. The van der Waals surface area contributed by atoms with Crippen molar-refractivity contribution in [1.29, 1.82) is 0 Å². The Labute approximate surface area is 161 Å². The first kappa shape index (κ1) is 17.7. The van der Waals surface area contributed by atoms with E-state index >= 15 is 0 Å². The van der Waals surface area contributed by atoms with E-state index in [0.717, 1.165) is 11.3 Å². The molecule has 0 atom stereocenters. The van der Waals surface area contributed by atoms with Crippen LogP contribution in [0, 0.1) is 0 Å². The molecule has 2 heterocycles. The number of nitrogens with zero attached hydrogens (tertiary/aromatic N) is 1. The van der Waals surface area contributed by atoms with Crippen LogP contribution >= 0.6 is 0 Å².